The van der Waals surface area contributed by atoms with Crippen LogP contribution in [0, 0.1) is 6.92 Å². The zero-order chi connectivity index (χ0) is 4.83. The third-order valence-electron chi connectivity index (χ3n) is 0.460. The minimum atomic E-state index is 0.547. The Kier molecular flexibility index (Phi) is 4.41. The minimum Gasteiger partial charge on any atom is -0.216 e. The zero-order valence-corrected chi connectivity index (χ0v) is 3.65. The number of hydrogen-bond donors (Lipinski definition) is 0. The summed E-state index contributed by atoms with van der Waals surface area (Å²) in [5, 5.41) is 0. The van der Waals surface area contributed by atoms with Crippen molar-refractivity contribution in [3.8, 4) is 0 Å². The minimum absolute atomic E-state index is 0.547. The van der Waals surface area contributed by atoms with E-state index in [9.17, 15) is 4.39 Å². The third-order valence-corrected chi connectivity index (χ3v) is 0.460. The summed E-state index contributed by atoms with van der Waals surface area (Å²) < 4.78 is 11.0. The Morgan fingerprint density at radius 3 is 2.50 bits per heavy atom. The van der Waals surface area contributed by atoms with Gasteiger partial charge in [-0.25, -0.2) is 4.39 Å². The van der Waals surface area contributed by atoms with E-state index >= 15 is 0 Å². The van der Waals surface area contributed by atoms with Crippen molar-refractivity contribution < 1.29 is 4.39 Å². The molecule has 6 heavy (non-hydrogen) atoms. The van der Waals surface area contributed by atoms with E-state index in [1.807, 2.05) is 0 Å². The van der Waals surface area contributed by atoms with Crippen LogP contribution in [0.5, 0.6) is 0 Å². The lowest BCUT2D eigenvalue weighted by Crippen LogP contribution is -1.55. The molecule has 0 aromatic heterocycles. The molecular formula is C5H8F. The second-order valence-electron chi connectivity index (χ2n) is 1.00. The first-order chi connectivity index (χ1) is 2.91. The molecule has 0 aromatic carbocycles. The normalized spacial score (nSPS) is 10.3. The van der Waals surface area contributed by atoms with Gasteiger partial charge in [-0.2, -0.15) is 0 Å². The molecule has 1 heteroatoms. The Labute approximate surface area is 37.7 Å². The van der Waals surface area contributed by atoms with E-state index in [0.717, 1.165) is 12.8 Å². The summed E-state index contributed by atoms with van der Waals surface area (Å²) in [6, 6.07) is 0. The van der Waals surface area contributed by atoms with E-state index in [2.05, 4.69) is 6.92 Å². The van der Waals surface area contributed by atoms with Crippen LogP contribution in [-0.2, 0) is 0 Å². The molecule has 0 aromatic rings. The quantitative estimate of drug-likeness (QED) is 0.483. The van der Waals surface area contributed by atoms with Crippen molar-refractivity contribution in [2.75, 3.05) is 0 Å². The SMILES string of the molecule is [CH2]CCC=CF. The molecule has 0 aliphatic rings. The molecule has 0 heterocycles. The van der Waals surface area contributed by atoms with Gasteiger partial charge in [-0.05, 0) is 12.8 Å². The Balaban J connectivity index is 2.66. The number of halogens is 1. The van der Waals surface area contributed by atoms with Crippen LogP contribution >= 0.6 is 0 Å². The first-order valence-corrected chi connectivity index (χ1v) is 1.96. The first kappa shape index (κ1) is 5.67. The monoisotopic (exact) mass is 87.1 g/mol. The van der Waals surface area contributed by atoms with Crippen LogP contribution in [0.3, 0.4) is 0 Å². The van der Waals surface area contributed by atoms with Crippen LogP contribution in [0.1, 0.15) is 12.8 Å². The number of hydrogen-bond acceptors (Lipinski definition) is 0. The highest BCUT2D eigenvalue weighted by Gasteiger charge is 1.66. The second-order valence-corrected chi connectivity index (χ2v) is 1.00. The van der Waals surface area contributed by atoms with Crippen molar-refractivity contribution in [2.45, 2.75) is 12.8 Å². The average molecular weight is 87.1 g/mol. The smallest absolute Gasteiger partial charge is 0.0827 e. The maximum Gasteiger partial charge on any atom is 0.0827 e. The molecule has 0 rings (SSSR count). The zero-order valence-electron chi connectivity index (χ0n) is 3.65. The van der Waals surface area contributed by atoms with Crippen molar-refractivity contribution in [2.24, 2.45) is 0 Å². The molecule has 0 spiro atoms. The molecule has 0 aliphatic carbocycles. The fraction of sp³-hybridized carbons (Fsp3) is 0.400. The predicted molar refractivity (Wildman–Crippen MR) is 24.8 cm³/mol. The van der Waals surface area contributed by atoms with Gasteiger partial charge in [-0.1, -0.05) is 13.0 Å². The molecule has 0 fully saturated rings. The van der Waals surface area contributed by atoms with Gasteiger partial charge in [0.1, 0.15) is 0 Å². The maximum absolute atomic E-state index is 11.0. The largest absolute Gasteiger partial charge is 0.216 e. The Bertz CT molecular complexity index is 39.2. The lowest BCUT2D eigenvalue weighted by Gasteiger charge is -1.74. The van der Waals surface area contributed by atoms with E-state index in [1.54, 1.807) is 0 Å². The summed E-state index contributed by atoms with van der Waals surface area (Å²) in [6.07, 6.45) is 3.52. The highest BCUT2D eigenvalue weighted by Crippen LogP contribution is 1.86. The van der Waals surface area contributed by atoms with E-state index in [4.69, 9.17) is 0 Å². The summed E-state index contributed by atoms with van der Waals surface area (Å²) in [4.78, 5) is 0. The molecule has 0 N–H and O–H groups in total. The van der Waals surface area contributed by atoms with Crippen molar-refractivity contribution in [3.05, 3.63) is 19.3 Å². The highest BCUT2D eigenvalue weighted by molar-refractivity contribution is 4.71. The van der Waals surface area contributed by atoms with Gasteiger partial charge in [0.15, 0.2) is 0 Å². The molecule has 35 valence electrons. The van der Waals surface area contributed by atoms with Gasteiger partial charge in [0.05, 0.1) is 6.33 Å². The maximum atomic E-state index is 11.0. The molecule has 0 atom stereocenters. The van der Waals surface area contributed by atoms with Crippen LogP contribution in [0.15, 0.2) is 12.4 Å². The number of rotatable bonds is 2. The van der Waals surface area contributed by atoms with Crippen molar-refractivity contribution in [3.63, 3.8) is 0 Å². The number of allylic oxidation sites excluding steroid dienone is 1. The van der Waals surface area contributed by atoms with Gasteiger partial charge < -0.3 is 0 Å². The molecule has 1 radical (unpaired) electrons. The fourth-order valence-corrected chi connectivity index (χ4v) is 0.181. The van der Waals surface area contributed by atoms with Gasteiger partial charge in [0.25, 0.3) is 0 Å². The van der Waals surface area contributed by atoms with E-state index in [-0.39, 0.29) is 0 Å². The summed E-state index contributed by atoms with van der Waals surface area (Å²) in [5.41, 5.74) is 0. The first-order valence-electron chi connectivity index (χ1n) is 1.96. The standard InChI is InChI=1S/C5H8F/c1-2-3-4-5-6/h4-5H,1-3H2. The molecule has 0 saturated carbocycles. The van der Waals surface area contributed by atoms with E-state index in [0.29, 0.717) is 6.33 Å². The molecular weight excluding hydrogens is 79.1 g/mol. The van der Waals surface area contributed by atoms with Gasteiger partial charge in [0.2, 0.25) is 0 Å². The van der Waals surface area contributed by atoms with Crippen LogP contribution in [0.4, 0.5) is 4.39 Å². The molecule has 0 bridgehead atoms. The van der Waals surface area contributed by atoms with Gasteiger partial charge in [-0.15, -0.1) is 0 Å². The molecule has 0 unspecified atom stereocenters. The summed E-state index contributed by atoms with van der Waals surface area (Å²) in [6.45, 7) is 3.51. The fourth-order valence-electron chi connectivity index (χ4n) is 0.181. The van der Waals surface area contributed by atoms with E-state index in [1.165, 1.54) is 6.08 Å². The Morgan fingerprint density at radius 1 is 1.67 bits per heavy atom. The van der Waals surface area contributed by atoms with Crippen LogP contribution in [-0.4, -0.2) is 0 Å². The predicted octanol–water partition coefficient (Wildman–Crippen LogP) is 2.08. The van der Waals surface area contributed by atoms with E-state index < -0.39 is 0 Å². The van der Waals surface area contributed by atoms with Crippen LogP contribution in [0.25, 0.3) is 0 Å². The molecule has 0 nitrogen and oxygen atoms in total. The Morgan fingerprint density at radius 2 is 2.33 bits per heavy atom. The third kappa shape index (κ3) is 3.67. The summed E-state index contributed by atoms with van der Waals surface area (Å²) in [5.74, 6) is 0. The topological polar surface area (TPSA) is 0 Å². The highest BCUT2D eigenvalue weighted by atomic mass is 19.1. The van der Waals surface area contributed by atoms with Crippen molar-refractivity contribution in [1.82, 2.24) is 0 Å². The summed E-state index contributed by atoms with van der Waals surface area (Å²) in [7, 11) is 0. The second kappa shape index (κ2) is 4.67. The van der Waals surface area contributed by atoms with Crippen molar-refractivity contribution >= 4 is 0 Å². The molecule has 0 amide bonds. The van der Waals surface area contributed by atoms with Crippen LogP contribution < -0.4 is 0 Å². The molecule has 0 aliphatic heterocycles. The van der Waals surface area contributed by atoms with Gasteiger partial charge >= 0.3 is 0 Å². The lowest BCUT2D eigenvalue weighted by atomic mass is 10.3. The van der Waals surface area contributed by atoms with Crippen LogP contribution in [0.2, 0.25) is 0 Å². The van der Waals surface area contributed by atoms with Gasteiger partial charge in [-0.3, -0.25) is 0 Å². The molecule has 0 saturated heterocycles. The summed E-state index contributed by atoms with van der Waals surface area (Å²) >= 11 is 0. The van der Waals surface area contributed by atoms with Gasteiger partial charge in [0, 0.05) is 0 Å². The van der Waals surface area contributed by atoms with Crippen molar-refractivity contribution in [1.29, 1.82) is 0 Å². The average Bonchev–Trinajstić information content (AvgIpc) is 1.61. The Hall–Kier alpha value is -0.330. The lowest BCUT2D eigenvalue weighted by molar-refractivity contribution is 0.713. The number of unbranched alkanes of at least 4 members (excludes halogenated alkanes) is 1.